The molecule has 3 heteroatoms. The third-order valence-electron chi connectivity index (χ3n) is 3.43. The molecule has 0 rings (SSSR count). The molecule has 0 heterocycles. The monoisotopic (exact) mass is 231 g/mol. The molecule has 2 nitrogen and oxygen atoms in total. The lowest BCUT2D eigenvalue weighted by molar-refractivity contribution is -0.136. The van der Waals surface area contributed by atoms with E-state index in [2.05, 4.69) is 40.3 Å². The molecule has 0 aliphatic carbocycles. The van der Waals surface area contributed by atoms with Crippen LogP contribution in [0, 0.1) is 5.92 Å². The van der Waals surface area contributed by atoms with Gasteiger partial charge < -0.3 is 4.90 Å². The zero-order valence-electron chi connectivity index (χ0n) is 10.9. The highest BCUT2D eigenvalue weighted by molar-refractivity contribution is 7.80. The van der Waals surface area contributed by atoms with E-state index in [-0.39, 0.29) is 11.4 Å². The fourth-order valence-electron chi connectivity index (χ4n) is 1.21. The lowest BCUT2D eigenvalue weighted by Crippen LogP contribution is -2.48. The molecule has 15 heavy (non-hydrogen) atoms. The molecule has 0 spiro atoms. The minimum atomic E-state index is -0.0725. The van der Waals surface area contributed by atoms with Gasteiger partial charge in [-0.05, 0) is 31.4 Å². The van der Waals surface area contributed by atoms with Crippen molar-refractivity contribution in [3.63, 3.8) is 0 Å². The minimum absolute atomic E-state index is 0.0725. The summed E-state index contributed by atoms with van der Waals surface area (Å²) in [6.07, 6.45) is 1.44. The van der Waals surface area contributed by atoms with Crippen molar-refractivity contribution in [1.82, 2.24) is 4.90 Å². The van der Waals surface area contributed by atoms with E-state index in [1.54, 1.807) is 0 Å². The molecule has 1 atom stereocenters. The van der Waals surface area contributed by atoms with Crippen LogP contribution in [0.5, 0.6) is 0 Å². The maximum Gasteiger partial charge on any atom is 0.222 e. The predicted octanol–water partition coefficient (Wildman–Crippen LogP) is 2.98. The lowest BCUT2D eigenvalue weighted by Gasteiger charge is -2.39. The first-order valence-corrected chi connectivity index (χ1v) is 6.16. The van der Waals surface area contributed by atoms with E-state index in [1.165, 1.54) is 0 Å². The number of hydrogen-bond donors (Lipinski definition) is 1. The summed E-state index contributed by atoms with van der Waals surface area (Å²) in [6.45, 7) is 10.5. The Bertz CT molecular complexity index is 212. The first kappa shape index (κ1) is 14.8. The Labute approximate surface area is 99.8 Å². The summed E-state index contributed by atoms with van der Waals surface area (Å²) >= 11 is 4.28. The molecule has 0 saturated carbocycles. The van der Waals surface area contributed by atoms with Crippen molar-refractivity contribution in [2.45, 2.75) is 58.2 Å². The van der Waals surface area contributed by atoms with Gasteiger partial charge in [0.1, 0.15) is 0 Å². The number of thiol groups is 1. The number of carbonyl (C=O) groups is 1. The Morgan fingerprint density at radius 3 is 2.13 bits per heavy atom. The Kier molecular flexibility index (Phi) is 5.71. The lowest BCUT2D eigenvalue weighted by atomic mass is 9.89. The molecule has 90 valence electrons. The van der Waals surface area contributed by atoms with Crippen molar-refractivity contribution < 1.29 is 4.79 Å². The SMILES string of the molecule is CC(S)CCC(=O)N(C)C(C)(C)C(C)C. The molecule has 0 saturated heterocycles. The van der Waals surface area contributed by atoms with E-state index in [0.29, 0.717) is 17.6 Å². The van der Waals surface area contributed by atoms with Crippen LogP contribution in [0.1, 0.15) is 47.5 Å². The number of hydrogen-bond acceptors (Lipinski definition) is 2. The Balaban J connectivity index is 4.31. The smallest absolute Gasteiger partial charge is 0.222 e. The quantitative estimate of drug-likeness (QED) is 0.721. The van der Waals surface area contributed by atoms with Crippen LogP contribution in [0.25, 0.3) is 0 Å². The van der Waals surface area contributed by atoms with Gasteiger partial charge in [0.15, 0.2) is 0 Å². The van der Waals surface area contributed by atoms with Gasteiger partial charge in [0.25, 0.3) is 0 Å². The van der Waals surface area contributed by atoms with Gasteiger partial charge in [0, 0.05) is 19.0 Å². The molecular weight excluding hydrogens is 206 g/mol. The van der Waals surface area contributed by atoms with Gasteiger partial charge in [-0.3, -0.25) is 4.79 Å². The van der Waals surface area contributed by atoms with E-state index < -0.39 is 0 Å². The molecule has 0 aliphatic rings. The van der Waals surface area contributed by atoms with Gasteiger partial charge in [-0.15, -0.1) is 0 Å². The second kappa shape index (κ2) is 5.78. The molecule has 0 bridgehead atoms. The standard InChI is InChI=1S/C12H25NOS/c1-9(2)12(4,5)13(6)11(14)8-7-10(3)15/h9-10,15H,7-8H2,1-6H3. The molecular formula is C12H25NOS. The summed E-state index contributed by atoms with van der Waals surface area (Å²) in [6, 6.07) is 0. The van der Waals surface area contributed by atoms with Crippen LogP contribution in [-0.4, -0.2) is 28.6 Å². The van der Waals surface area contributed by atoms with Crippen molar-refractivity contribution in [3.05, 3.63) is 0 Å². The zero-order chi connectivity index (χ0) is 12.2. The average molecular weight is 231 g/mol. The van der Waals surface area contributed by atoms with Crippen LogP contribution in [0.3, 0.4) is 0 Å². The average Bonchev–Trinajstić information content (AvgIpc) is 2.12. The number of nitrogens with zero attached hydrogens (tertiary/aromatic N) is 1. The third-order valence-corrected chi connectivity index (χ3v) is 3.69. The van der Waals surface area contributed by atoms with Crippen molar-refractivity contribution in [1.29, 1.82) is 0 Å². The Morgan fingerprint density at radius 2 is 1.80 bits per heavy atom. The highest BCUT2D eigenvalue weighted by Gasteiger charge is 2.30. The van der Waals surface area contributed by atoms with Gasteiger partial charge in [-0.25, -0.2) is 0 Å². The molecule has 0 aromatic rings. The highest BCUT2D eigenvalue weighted by atomic mass is 32.1. The van der Waals surface area contributed by atoms with Gasteiger partial charge in [-0.1, -0.05) is 20.8 Å². The van der Waals surface area contributed by atoms with Crippen LogP contribution in [0.2, 0.25) is 0 Å². The first-order chi connectivity index (χ1) is 6.69. The minimum Gasteiger partial charge on any atom is -0.340 e. The van der Waals surface area contributed by atoms with E-state index in [1.807, 2.05) is 18.9 Å². The van der Waals surface area contributed by atoms with E-state index in [0.717, 1.165) is 6.42 Å². The molecule has 1 unspecified atom stereocenters. The van der Waals surface area contributed by atoms with Crippen molar-refractivity contribution in [3.8, 4) is 0 Å². The van der Waals surface area contributed by atoms with Crippen molar-refractivity contribution in [2.75, 3.05) is 7.05 Å². The zero-order valence-corrected chi connectivity index (χ0v) is 11.8. The number of carbonyl (C=O) groups excluding carboxylic acids is 1. The van der Waals surface area contributed by atoms with Crippen LogP contribution >= 0.6 is 12.6 Å². The third kappa shape index (κ3) is 4.45. The van der Waals surface area contributed by atoms with Crippen LogP contribution in [0.4, 0.5) is 0 Å². The molecule has 0 aliphatic heterocycles. The summed E-state index contributed by atoms with van der Waals surface area (Å²) < 4.78 is 0. The largest absolute Gasteiger partial charge is 0.340 e. The van der Waals surface area contributed by atoms with Gasteiger partial charge in [0.05, 0.1) is 0 Å². The molecule has 0 radical (unpaired) electrons. The van der Waals surface area contributed by atoms with Gasteiger partial charge in [0.2, 0.25) is 5.91 Å². The molecule has 1 amide bonds. The number of rotatable bonds is 5. The second-order valence-corrected chi connectivity index (χ2v) is 6.03. The van der Waals surface area contributed by atoms with Gasteiger partial charge in [-0.2, -0.15) is 12.6 Å². The molecule has 0 aromatic heterocycles. The maximum atomic E-state index is 11.9. The molecule has 0 aromatic carbocycles. The van der Waals surface area contributed by atoms with Crippen LogP contribution < -0.4 is 0 Å². The summed E-state index contributed by atoms with van der Waals surface area (Å²) in [5.74, 6) is 0.675. The van der Waals surface area contributed by atoms with Crippen molar-refractivity contribution in [2.24, 2.45) is 5.92 Å². The molecule has 0 fully saturated rings. The summed E-state index contributed by atoms with van der Waals surface area (Å²) in [4.78, 5) is 13.8. The highest BCUT2D eigenvalue weighted by Crippen LogP contribution is 2.23. The number of amides is 1. The summed E-state index contributed by atoms with van der Waals surface area (Å²) in [7, 11) is 1.89. The fraction of sp³-hybridized carbons (Fsp3) is 0.917. The Hall–Kier alpha value is -0.180. The van der Waals surface area contributed by atoms with Crippen LogP contribution in [0.15, 0.2) is 0 Å². The van der Waals surface area contributed by atoms with E-state index in [4.69, 9.17) is 0 Å². The van der Waals surface area contributed by atoms with E-state index in [9.17, 15) is 4.79 Å². The van der Waals surface area contributed by atoms with Gasteiger partial charge >= 0.3 is 0 Å². The van der Waals surface area contributed by atoms with E-state index >= 15 is 0 Å². The predicted molar refractivity (Wildman–Crippen MR) is 69.4 cm³/mol. The summed E-state index contributed by atoms with van der Waals surface area (Å²) in [5, 5.41) is 0.296. The summed E-state index contributed by atoms with van der Waals surface area (Å²) in [5.41, 5.74) is -0.0725. The topological polar surface area (TPSA) is 20.3 Å². The normalized spacial score (nSPS) is 14.1. The second-order valence-electron chi connectivity index (χ2n) is 5.15. The maximum absolute atomic E-state index is 11.9. The van der Waals surface area contributed by atoms with Crippen molar-refractivity contribution >= 4 is 18.5 Å². The van der Waals surface area contributed by atoms with Crippen LogP contribution in [-0.2, 0) is 4.79 Å². The fourth-order valence-corrected chi connectivity index (χ4v) is 1.34. The Morgan fingerprint density at radius 1 is 1.33 bits per heavy atom. The molecule has 0 N–H and O–H groups in total. The first-order valence-electron chi connectivity index (χ1n) is 5.64.